The van der Waals surface area contributed by atoms with Crippen LogP contribution < -0.4 is 5.32 Å². The summed E-state index contributed by atoms with van der Waals surface area (Å²) in [6.45, 7) is 2.15. The van der Waals surface area contributed by atoms with Crippen molar-refractivity contribution in [3.8, 4) is 0 Å². The van der Waals surface area contributed by atoms with Gasteiger partial charge >= 0.3 is 0 Å². The lowest BCUT2D eigenvalue weighted by molar-refractivity contribution is -0.117. The molecule has 1 aromatic carbocycles. The van der Waals surface area contributed by atoms with Crippen LogP contribution in [0.1, 0.15) is 31.1 Å². The molecule has 2 nitrogen and oxygen atoms in total. The van der Waals surface area contributed by atoms with Gasteiger partial charge in [0.15, 0.2) is 0 Å². The average molecular weight is 287 g/mol. The van der Waals surface area contributed by atoms with Crippen LogP contribution in [0.25, 0.3) is 0 Å². The van der Waals surface area contributed by atoms with E-state index in [1.54, 1.807) is 0 Å². The molecule has 2 aromatic rings. The van der Waals surface area contributed by atoms with E-state index in [4.69, 9.17) is 0 Å². The van der Waals surface area contributed by atoms with Crippen molar-refractivity contribution in [2.24, 2.45) is 5.92 Å². The van der Waals surface area contributed by atoms with Gasteiger partial charge in [0, 0.05) is 17.0 Å². The van der Waals surface area contributed by atoms with E-state index in [1.807, 2.05) is 41.7 Å². The fourth-order valence-corrected chi connectivity index (χ4v) is 2.98. The van der Waals surface area contributed by atoms with Crippen LogP contribution in [0.3, 0.4) is 0 Å². The Labute approximate surface area is 124 Å². The lowest BCUT2D eigenvalue weighted by atomic mass is 10.00. The Morgan fingerprint density at radius 2 is 2.00 bits per heavy atom. The Kier molecular flexibility index (Phi) is 5.81. The Hall–Kier alpha value is -1.61. The molecule has 1 N–H and O–H groups in total. The SMILES string of the molecule is CC(CCCc1cccs1)CC(=O)Nc1ccccc1. The van der Waals surface area contributed by atoms with Crippen molar-refractivity contribution in [2.45, 2.75) is 32.6 Å². The Balaban J connectivity index is 1.66. The van der Waals surface area contributed by atoms with Crippen LogP contribution in [0, 0.1) is 5.92 Å². The van der Waals surface area contributed by atoms with Gasteiger partial charge in [0.05, 0.1) is 0 Å². The van der Waals surface area contributed by atoms with E-state index in [-0.39, 0.29) is 5.91 Å². The monoisotopic (exact) mass is 287 g/mol. The number of amides is 1. The molecule has 0 saturated heterocycles. The summed E-state index contributed by atoms with van der Waals surface area (Å²) in [4.78, 5) is 13.3. The fourth-order valence-electron chi connectivity index (χ4n) is 2.23. The number of benzene rings is 1. The lowest BCUT2D eigenvalue weighted by Gasteiger charge is -2.11. The molecule has 0 saturated carbocycles. The van der Waals surface area contributed by atoms with Gasteiger partial charge in [0.25, 0.3) is 0 Å². The maximum Gasteiger partial charge on any atom is 0.224 e. The summed E-state index contributed by atoms with van der Waals surface area (Å²) < 4.78 is 0. The highest BCUT2D eigenvalue weighted by molar-refractivity contribution is 7.09. The first-order valence-electron chi connectivity index (χ1n) is 7.11. The number of anilines is 1. The summed E-state index contributed by atoms with van der Waals surface area (Å²) >= 11 is 1.81. The number of rotatable bonds is 7. The molecule has 0 radical (unpaired) electrons. The molecular formula is C17H21NOS. The number of nitrogens with one attached hydrogen (secondary N) is 1. The smallest absolute Gasteiger partial charge is 0.224 e. The number of para-hydroxylation sites is 1. The van der Waals surface area contributed by atoms with Crippen molar-refractivity contribution in [1.29, 1.82) is 0 Å². The molecule has 106 valence electrons. The van der Waals surface area contributed by atoms with Crippen LogP contribution in [0.15, 0.2) is 47.8 Å². The van der Waals surface area contributed by atoms with Crippen molar-refractivity contribution in [2.75, 3.05) is 5.32 Å². The number of carbonyl (C=O) groups is 1. The first kappa shape index (κ1) is 14.8. The molecule has 3 heteroatoms. The van der Waals surface area contributed by atoms with E-state index in [0.717, 1.165) is 24.9 Å². The van der Waals surface area contributed by atoms with Gasteiger partial charge in [-0.25, -0.2) is 0 Å². The van der Waals surface area contributed by atoms with Crippen LogP contribution in [-0.2, 0) is 11.2 Å². The molecule has 1 heterocycles. The highest BCUT2D eigenvalue weighted by Crippen LogP contribution is 2.17. The Morgan fingerprint density at radius 1 is 1.20 bits per heavy atom. The van der Waals surface area contributed by atoms with E-state index in [9.17, 15) is 4.79 Å². The molecule has 1 aromatic heterocycles. The van der Waals surface area contributed by atoms with E-state index < -0.39 is 0 Å². The third-order valence-corrected chi connectivity index (χ3v) is 4.23. The second-order valence-electron chi connectivity index (χ2n) is 5.20. The molecular weight excluding hydrogens is 266 g/mol. The van der Waals surface area contributed by atoms with E-state index in [2.05, 4.69) is 29.8 Å². The standard InChI is InChI=1S/C17H21NOS/c1-14(7-5-10-16-11-6-12-20-16)13-17(19)18-15-8-3-2-4-9-15/h2-4,6,8-9,11-12,14H,5,7,10,13H2,1H3,(H,18,19). The van der Waals surface area contributed by atoms with Gasteiger partial charge in [-0.05, 0) is 48.8 Å². The van der Waals surface area contributed by atoms with E-state index in [0.29, 0.717) is 12.3 Å². The van der Waals surface area contributed by atoms with Crippen LogP contribution in [0.5, 0.6) is 0 Å². The van der Waals surface area contributed by atoms with E-state index >= 15 is 0 Å². The van der Waals surface area contributed by atoms with Crippen molar-refractivity contribution < 1.29 is 4.79 Å². The molecule has 2 rings (SSSR count). The molecule has 1 unspecified atom stereocenters. The van der Waals surface area contributed by atoms with Gasteiger partial charge in [-0.15, -0.1) is 11.3 Å². The molecule has 1 atom stereocenters. The highest BCUT2D eigenvalue weighted by atomic mass is 32.1. The zero-order valence-corrected chi connectivity index (χ0v) is 12.7. The van der Waals surface area contributed by atoms with Gasteiger partial charge in [-0.2, -0.15) is 0 Å². The maximum absolute atomic E-state index is 11.9. The summed E-state index contributed by atoms with van der Waals surface area (Å²) in [5.41, 5.74) is 0.878. The average Bonchev–Trinajstić information content (AvgIpc) is 2.93. The molecule has 20 heavy (non-hydrogen) atoms. The van der Waals surface area contributed by atoms with Gasteiger partial charge in [-0.3, -0.25) is 4.79 Å². The first-order valence-corrected chi connectivity index (χ1v) is 7.99. The van der Waals surface area contributed by atoms with Gasteiger partial charge < -0.3 is 5.32 Å². The zero-order valence-electron chi connectivity index (χ0n) is 11.8. The molecule has 0 spiro atoms. The van der Waals surface area contributed by atoms with Crippen molar-refractivity contribution in [1.82, 2.24) is 0 Å². The second kappa shape index (κ2) is 7.85. The van der Waals surface area contributed by atoms with Crippen LogP contribution in [-0.4, -0.2) is 5.91 Å². The topological polar surface area (TPSA) is 29.1 Å². The largest absolute Gasteiger partial charge is 0.326 e. The predicted molar refractivity (Wildman–Crippen MR) is 86.1 cm³/mol. The maximum atomic E-state index is 11.9. The summed E-state index contributed by atoms with van der Waals surface area (Å²) in [6.07, 6.45) is 3.97. The van der Waals surface area contributed by atoms with Gasteiger partial charge in [0.1, 0.15) is 0 Å². The predicted octanol–water partition coefficient (Wildman–Crippen LogP) is 4.74. The van der Waals surface area contributed by atoms with Crippen LogP contribution in [0.2, 0.25) is 0 Å². The molecule has 0 aliphatic heterocycles. The minimum Gasteiger partial charge on any atom is -0.326 e. The van der Waals surface area contributed by atoms with Crippen LogP contribution in [0.4, 0.5) is 5.69 Å². The molecule has 0 fully saturated rings. The molecule has 0 aliphatic rings. The number of thiophene rings is 1. The minimum atomic E-state index is 0.111. The number of hydrogen-bond donors (Lipinski definition) is 1. The zero-order chi connectivity index (χ0) is 14.2. The summed E-state index contributed by atoms with van der Waals surface area (Å²) in [5.74, 6) is 0.540. The van der Waals surface area contributed by atoms with Gasteiger partial charge in [0.2, 0.25) is 5.91 Å². The number of hydrogen-bond acceptors (Lipinski definition) is 2. The molecule has 0 bridgehead atoms. The highest BCUT2D eigenvalue weighted by Gasteiger charge is 2.09. The Bertz CT molecular complexity index is 507. The molecule has 1 amide bonds. The van der Waals surface area contributed by atoms with E-state index in [1.165, 1.54) is 4.88 Å². The third-order valence-electron chi connectivity index (χ3n) is 3.29. The summed E-state index contributed by atoms with van der Waals surface area (Å²) in [7, 11) is 0. The minimum absolute atomic E-state index is 0.111. The third kappa shape index (κ3) is 5.17. The second-order valence-corrected chi connectivity index (χ2v) is 6.23. The van der Waals surface area contributed by atoms with Crippen LogP contribution >= 0.6 is 11.3 Å². The summed E-state index contributed by atoms with van der Waals surface area (Å²) in [6, 6.07) is 13.9. The fraction of sp³-hybridized carbons (Fsp3) is 0.353. The normalized spacial score (nSPS) is 12.1. The summed E-state index contributed by atoms with van der Waals surface area (Å²) in [5, 5.41) is 5.06. The Morgan fingerprint density at radius 3 is 2.70 bits per heavy atom. The molecule has 0 aliphatic carbocycles. The van der Waals surface area contributed by atoms with Crippen molar-refractivity contribution in [3.63, 3.8) is 0 Å². The van der Waals surface area contributed by atoms with Gasteiger partial charge in [-0.1, -0.05) is 31.2 Å². The quantitative estimate of drug-likeness (QED) is 0.783. The van der Waals surface area contributed by atoms with Crippen molar-refractivity contribution >= 4 is 22.9 Å². The number of aryl methyl sites for hydroxylation is 1. The first-order chi connectivity index (χ1) is 9.74. The lowest BCUT2D eigenvalue weighted by Crippen LogP contribution is -2.15. The number of carbonyl (C=O) groups excluding carboxylic acids is 1. The van der Waals surface area contributed by atoms with Crippen molar-refractivity contribution in [3.05, 3.63) is 52.7 Å².